The Morgan fingerprint density at radius 2 is 2.00 bits per heavy atom. The summed E-state index contributed by atoms with van der Waals surface area (Å²) in [6.07, 6.45) is 3.63. The number of ether oxygens (including phenoxy) is 1. The Kier molecular flexibility index (Phi) is 1.52. The predicted octanol–water partition coefficient (Wildman–Crippen LogP) is 1.32. The summed E-state index contributed by atoms with van der Waals surface area (Å²) in [6, 6.07) is 0. The van der Waals surface area contributed by atoms with Crippen molar-refractivity contribution in [2.75, 3.05) is 0 Å². The molecule has 0 bridgehead atoms. The molecule has 1 aliphatic heterocycles. The number of hydrogen-bond acceptors (Lipinski definition) is 2. The van der Waals surface area contributed by atoms with Gasteiger partial charge in [-0.25, -0.2) is 0 Å². The van der Waals surface area contributed by atoms with E-state index < -0.39 is 0 Å². The zero-order chi connectivity index (χ0) is 8.06. The van der Waals surface area contributed by atoms with Crippen molar-refractivity contribution >= 4 is 0 Å². The van der Waals surface area contributed by atoms with Gasteiger partial charge in [-0.15, -0.1) is 0 Å². The molecule has 2 heteroatoms. The lowest BCUT2D eigenvalue weighted by atomic mass is 9.87. The smallest absolute Gasteiger partial charge is 0.0856 e. The Bertz CT molecular complexity index is 163. The summed E-state index contributed by atoms with van der Waals surface area (Å²) >= 11 is 0. The molecule has 2 rings (SSSR count). The monoisotopic (exact) mass is 156 g/mol. The van der Waals surface area contributed by atoms with Gasteiger partial charge in [0.1, 0.15) is 0 Å². The molecule has 2 aliphatic rings. The maximum Gasteiger partial charge on any atom is 0.0856 e. The molecule has 0 aromatic carbocycles. The summed E-state index contributed by atoms with van der Waals surface area (Å²) in [5, 5.41) is 9.76. The lowest BCUT2D eigenvalue weighted by Crippen LogP contribution is -2.43. The molecule has 1 heterocycles. The second kappa shape index (κ2) is 2.20. The molecule has 1 aliphatic carbocycles. The second-order valence-electron chi connectivity index (χ2n) is 4.16. The van der Waals surface area contributed by atoms with E-state index in [1.54, 1.807) is 0 Å². The molecule has 11 heavy (non-hydrogen) atoms. The number of hydrogen-bond donors (Lipinski definition) is 1. The zero-order valence-electron chi connectivity index (χ0n) is 7.21. The highest BCUT2D eigenvalue weighted by Crippen LogP contribution is 2.56. The van der Waals surface area contributed by atoms with Gasteiger partial charge in [0.2, 0.25) is 0 Å². The predicted molar refractivity (Wildman–Crippen MR) is 42.3 cm³/mol. The van der Waals surface area contributed by atoms with E-state index in [0.717, 1.165) is 6.42 Å². The first kappa shape index (κ1) is 7.56. The van der Waals surface area contributed by atoms with Gasteiger partial charge in [0.15, 0.2) is 0 Å². The van der Waals surface area contributed by atoms with Crippen molar-refractivity contribution in [2.24, 2.45) is 5.41 Å². The second-order valence-corrected chi connectivity index (χ2v) is 4.16. The van der Waals surface area contributed by atoms with Crippen LogP contribution < -0.4 is 0 Å². The molecule has 0 radical (unpaired) electrons. The topological polar surface area (TPSA) is 29.5 Å². The van der Waals surface area contributed by atoms with E-state index in [2.05, 4.69) is 6.92 Å². The first-order valence-corrected chi connectivity index (χ1v) is 4.48. The van der Waals surface area contributed by atoms with Crippen LogP contribution >= 0.6 is 0 Å². The minimum atomic E-state index is -0.210. The van der Waals surface area contributed by atoms with Gasteiger partial charge < -0.3 is 9.84 Å². The molecule has 64 valence electrons. The van der Waals surface area contributed by atoms with Crippen LogP contribution in [0.2, 0.25) is 0 Å². The highest BCUT2D eigenvalue weighted by Gasteiger charge is 2.54. The zero-order valence-corrected chi connectivity index (χ0v) is 7.21. The van der Waals surface area contributed by atoms with Crippen LogP contribution in [0.25, 0.3) is 0 Å². The molecule has 1 spiro atoms. The highest BCUT2D eigenvalue weighted by atomic mass is 16.5. The molecule has 2 fully saturated rings. The first-order valence-electron chi connectivity index (χ1n) is 4.48. The van der Waals surface area contributed by atoms with Crippen molar-refractivity contribution in [3.8, 4) is 0 Å². The lowest BCUT2D eigenvalue weighted by molar-refractivity contribution is -0.139. The number of rotatable bonds is 0. The van der Waals surface area contributed by atoms with Gasteiger partial charge in [-0.1, -0.05) is 0 Å². The standard InChI is InChI=1S/C9H16O2/c1-6-5-9(3-4-9)8(10)7(2)11-6/h6-8,10H,3-5H2,1-2H3/t6?,7-,8-/m0/s1. The quantitative estimate of drug-likeness (QED) is 0.573. The molecular formula is C9H16O2. The average Bonchev–Trinajstić information content (AvgIpc) is 2.65. The van der Waals surface area contributed by atoms with Crippen LogP contribution in [0.1, 0.15) is 33.1 Å². The summed E-state index contributed by atoms with van der Waals surface area (Å²) in [6.45, 7) is 4.07. The van der Waals surface area contributed by atoms with Crippen molar-refractivity contribution < 1.29 is 9.84 Å². The third kappa shape index (κ3) is 1.09. The van der Waals surface area contributed by atoms with Crippen molar-refractivity contribution in [3.63, 3.8) is 0 Å². The molecule has 3 atom stereocenters. The van der Waals surface area contributed by atoms with E-state index in [9.17, 15) is 5.11 Å². The lowest BCUT2D eigenvalue weighted by Gasteiger charge is -2.37. The van der Waals surface area contributed by atoms with Crippen LogP contribution in [0.3, 0.4) is 0 Å². The van der Waals surface area contributed by atoms with Crippen molar-refractivity contribution in [1.29, 1.82) is 0 Å². The fourth-order valence-corrected chi connectivity index (χ4v) is 2.34. The van der Waals surface area contributed by atoms with E-state index in [1.165, 1.54) is 12.8 Å². The normalized spacial score (nSPS) is 47.7. The van der Waals surface area contributed by atoms with Crippen LogP contribution in [0.15, 0.2) is 0 Å². The van der Waals surface area contributed by atoms with Gasteiger partial charge in [0.25, 0.3) is 0 Å². The maximum atomic E-state index is 9.76. The van der Waals surface area contributed by atoms with Crippen molar-refractivity contribution in [3.05, 3.63) is 0 Å². The molecule has 0 aromatic rings. The van der Waals surface area contributed by atoms with Crippen LogP contribution in [0.5, 0.6) is 0 Å². The van der Waals surface area contributed by atoms with E-state index in [4.69, 9.17) is 4.74 Å². The molecule has 1 saturated heterocycles. The highest BCUT2D eigenvalue weighted by molar-refractivity contribution is 5.04. The minimum absolute atomic E-state index is 0.0428. The summed E-state index contributed by atoms with van der Waals surface area (Å²) in [4.78, 5) is 0. The largest absolute Gasteiger partial charge is 0.390 e. The van der Waals surface area contributed by atoms with Crippen LogP contribution in [0, 0.1) is 5.41 Å². The molecule has 2 nitrogen and oxygen atoms in total. The Labute approximate surface area is 67.6 Å². The van der Waals surface area contributed by atoms with Crippen LogP contribution in [-0.4, -0.2) is 23.4 Å². The number of aliphatic hydroxyl groups excluding tert-OH is 1. The van der Waals surface area contributed by atoms with E-state index >= 15 is 0 Å². The van der Waals surface area contributed by atoms with Crippen molar-refractivity contribution in [2.45, 2.75) is 51.4 Å². The Balaban J connectivity index is 2.10. The van der Waals surface area contributed by atoms with E-state index in [-0.39, 0.29) is 17.6 Å². The van der Waals surface area contributed by atoms with E-state index in [0.29, 0.717) is 6.10 Å². The van der Waals surface area contributed by atoms with Gasteiger partial charge in [-0.05, 0) is 33.1 Å². The fraction of sp³-hybridized carbons (Fsp3) is 1.00. The van der Waals surface area contributed by atoms with Crippen molar-refractivity contribution in [1.82, 2.24) is 0 Å². The molecule has 0 amide bonds. The van der Waals surface area contributed by atoms with Crippen LogP contribution in [0.4, 0.5) is 0 Å². The Morgan fingerprint density at radius 3 is 2.55 bits per heavy atom. The average molecular weight is 156 g/mol. The first-order chi connectivity index (χ1) is 5.14. The number of aliphatic hydroxyl groups is 1. The summed E-state index contributed by atoms with van der Waals surface area (Å²) in [5.74, 6) is 0. The van der Waals surface area contributed by atoms with Gasteiger partial charge >= 0.3 is 0 Å². The SMILES string of the molecule is CC1CC2(CC2)[C@@H](O)[C@H](C)O1. The fourth-order valence-electron chi connectivity index (χ4n) is 2.34. The Morgan fingerprint density at radius 1 is 1.36 bits per heavy atom. The minimum Gasteiger partial charge on any atom is -0.390 e. The third-order valence-electron chi connectivity index (χ3n) is 3.11. The van der Waals surface area contributed by atoms with Crippen LogP contribution in [-0.2, 0) is 4.74 Å². The summed E-state index contributed by atoms with van der Waals surface area (Å²) in [7, 11) is 0. The molecular weight excluding hydrogens is 140 g/mol. The van der Waals surface area contributed by atoms with Gasteiger partial charge in [0.05, 0.1) is 18.3 Å². The van der Waals surface area contributed by atoms with E-state index in [1.807, 2.05) is 6.92 Å². The van der Waals surface area contributed by atoms with Gasteiger partial charge in [0, 0.05) is 5.41 Å². The molecule has 0 aromatic heterocycles. The summed E-state index contributed by atoms with van der Waals surface area (Å²) in [5.41, 5.74) is 0.261. The molecule has 1 N–H and O–H groups in total. The Hall–Kier alpha value is -0.0800. The molecule has 1 saturated carbocycles. The van der Waals surface area contributed by atoms with Gasteiger partial charge in [-0.2, -0.15) is 0 Å². The summed E-state index contributed by atoms with van der Waals surface area (Å²) < 4.78 is 5.52. The molecule has 1 unspecified atom stereocenters. The maximum absolute atomic E-state index is 9.76. The third-order valence-corrected chi connectivity index (χ3v) is 3.11. The van der Waals surface area contributed by atoms with Gasteiger partial charge in [-0.3, -0.25) is 0 Å².